The number of carbonyl (C=O) groups excluding carboxylic acids is 6. The molecule has 2 atom stereocenters. The molecule has 0 aliphatic carbocycles. The van der Waals surface area contributed by atoms with Gasteiger partial charge >= 0.3 is 0 Å². The maximum absolute atomic E-state index is 12.0. The molecule has 0 unspecified atom stereocenters. The van der Waals surface area contributed by atoms with Crippen molar-refractivity contribution in [2.24, 2.45) is 5.92 Å². The average molecular weight is 406 g/mol. The Bertz CT molecular complexity index is 679. The summed E-state index contributed by atoms with van der Waals surface area (Å²) in [5, 5.41) is 2.63. The number of ketones is 3. The fraction of sp³-hybridized carbons (Fsp3) is 0.619. The average Bonchev–Trinajstić information content (AvgIpc) is 2.97. The van der Waals surface area contributed by atoms with Crippen molar-refractivity contribution in [3.05, 3.63) is 12.2 Å². The Morgan fingerprint density at radius 3 is 2.07 bits per heavy atom. The van der Waals surface area contributed by atoms with Crippen LogP contribution in [0.1, 0.15) is 65.7 Å². The largest absolute Gasteiger partial charge is 0.347 e. The number of unbranched alkanes of at least 4 members (excludes halogenated alkanes) is 1. The molecule has 0 aromatic carbocycles. The first-order valence-electron chi connectivity index (χ1n) is 9.99. The van der Waals surface area contributed by atoms with Gasteiger partial charge in [0.15, 0.2) is 5.78 Å². The number of amides is 3. The summed E-state index contributed by atoms with van der Waals surface area (Å²) < 4.78 is 0. The van der Waals surface area contributed by atoms with Crippen molar-refractivity contribution in [2.75, 3.05) is 6.54 Å². The van der Waals surface area contributed by atoms with Gasteiger partial charge in [-0.05, 0) is 33.1 Å². The van der Waals surface area contributed by atoms with Gasteiger partial charge in [0.25, 0.3) is 11.8 Å². The van der Waals surface area contributed by atoms with Gasteiger partial charge in [-0.1, -0.05) is 6.92 Å². The number of hydrogen-bond donors (Lipinski definition) is 1. The van der Waals surface area contributed by atoms with Crippen LogP contribution in [0.4, 0.5) is 0 Å². The summed E-state index contributed by atoms with van der Waals surface area (Å²) in [6.45, 7) is 4.95. The second kappa shape index (κ2) is 12.0. The maximum Gasteiger partial charge on any atom is 0.253 e. The number of hydrogen-bond acceptors (Lipinski definition) is 6. The molecule has 0 spiro atoms. The molecule has 0 radical (unpaired) electrons. The highest BCUT2D eigenvalue weighted by Crippen LogP contribution is 2.09. The lowest BCUT2D eigenvalue weighted by Gasteiger charge is -2.15. The summed E-state index contributed by atoms with van der Waals surface area (Å²) in [5.74, 6) is -1.52. The molecule has 0 aromatic rings. The smallest absolute Gasteiger partial charge is 0.253 e. The molecule has 8 heteroatoms. The molecule has 160 valence electrons. The highest BCUT2D eigenvalue weighted by Gasteiger charge is 2.23. The van der Waals surface area contributed by atoms with Crippen molar-refractivity contribution in [3.63, 3.8) is 0 Å². The zero-order valence-corrected chi connectivity index (χ0v) is 17.4. The first kappa shape index (κ1) is 24.4. The lowest BCUT2D eigenvalue weighted by atomic mass is 9.98. The van der Waals surface area contributed by atoms with Gasteiger partial charge in [-0.2, -0.15) is 0 Å². The molecule has 0 bridgehead atoms. The molecule has 1 heterocycles. The third kappa shape index (κ3) is 8.93. The van der Waals surface area contributed by atoms with E-state index >= 15 is 0 Å². The third-order valence-electron chi connectivity index (χ3n) is 4.91. The first-order chi connectivity index (χ1) is 13.6. The van der Waals surface area contributed by atoms with Crippen LogP contribution in [0.3, 0.4) is 0 Å². The Kier molecular flexibility index (Phi) is 10.1. The number of nitrogens with one attached hydrogen (secondary N) is 1. The Labute approximate surface area is 171 Å². The van der Waals surface area contributed by atoms with Crippen molar-refractivity contribution in [1.29, 1.82) is 0 Å². The molecule has 0 saturated heterocycles. The summed E-state index contributed by atoms with van der Waals surface area (Å²) in [6.07, 6.45) is 4.87. The van der Waals surface area contributed by atoms with Crippen molar-refractivity contribution in [2.45, 2.75) is 71.8 Å². The second-order valence-corrected chi connectivity index (χ2v) is 7.48. The summed E-state index contributed by atoms with van der Waals surface area (Å²) in [6, 6.07) is -0.642. The van der Waals surface area contributed by atoms with Gasteiger partial charge in [-0.15, -0.1) is 0 Å². The standard InChI is InChI=1S/C21H30N2O6/c1-14(16(3)24)13-18(26)15(2)22-19(27)9-5-4-7-17(25)8-6-12-23-20(28)10-11-21(23)29/h10-11,14-15H,4-9,12-13H2,1-3H3,(H,22,27)/t14-,15+/m1/s1. The van der Waals surface area contributed by atoms with Gasteiger partial charge in [0, 0.05) is 50.3 Å². The van der Waals surface area contributed by atoms with E-state index in [-0.39, 0.29) is 66.8 Å². The van der Waals surface area contributed by atoms with Gasteiger partial charge in [-0.3, -0.25) is 33.7 Å². The third-order valence-corrected chi connectivity index (χ3v) is 4.91. The van der Waals surface area contributed by atoms with E-state index in [1.807, 2.05) is 0 Å². The van der Waals surface area contributed by atoms with E-state index in [2.05, 4.69) is 5.32 Å². The van der Waals surface area contributed by atoms with E-state index in [0.717, 1.165) is 4.90 Å². The molecule has 0 fully saturated rings. The first-order valence-corrected chi connectivity index (χ1v) is 9.99. The Morgan fingerprint density at radius 2 is 1.48 bits per heavy atom. The number of Topliss-reactive ketones (excluding diaryl/α,β-unsaturated/α-hetero) is 3. The van der Waals surface area contributed by atoms with Gasteiger partial charge in [0.05, 0.1) is 6.04 Å². The molecule has 0 aromatic heterocycles. The maximum atomic E-state index is 12.0. The normalized spacial score (nSPS) is 15.3. The molecule has 8 nitrogen and oxygen atoms in total. The Hall–Kier alpha value is -2.64. The van der Waals surface area contributed by atoms with Gasteiger partial charge < -0.3 is 5.32 Å². The zero-order valence-electron chi connectivity index (χ0n) is 17.4. The van der Waals surface area contributed by atoms with E-state index in [9.17, 15) is 28.8 Å². The molecule has 1 N–H and O–H groups in total. The van der Waals surface area contributed by atoms with Gasteiger partial charge in [-0.25, -0.2) is 0 Å². The lowest BCUT2D eigenvalue weighted by molar-refractivity contribution is -0.137. The van der Waals surface area contributed by atoms with E-state index in [1.165, 1.54) is 19.1 Å². The van der Waals surface area contributed by atoms with Crippen LogP contribution in [0.2, 0.25) is 0 Å². The quantitative estimate of drug-likeness (QED) is 0.345. The number of nitrogens with zero attached hydrogens (tertiary/aromatic N) is 1. The second-order valence-electron chi connectivity index (χ2n) is 7.48. The van der Waals surface area contributed by atoms with Crippen LogP contribution in [0, 0.1) is 5.92 Å². The number of rotatable bonds is 14. The van der Waals surface area contributed by atoms with Gasteiger partial charge in [0.2, 0.25) is 5.91 Å². The van der Waals surface area contributed by atoms with Crippen molar-refractivity contribution < 1.29 is 28.8 Å². The van der Waals surface area contributed by atoms with E-state index in [4.69, 9.17) is 0 Å². The van der Waals surface area contributed by atoms with Crippen molar-refractivity contribution >= 4 is 35.1 Å². The van der Waals surface area contributed by atoms with Crippen LogP contribution in [0.15, 0.2) is 12.2 Å². The van der Waals surface area contributed by atoms with Crippen LogP contribution >= 0.6 is 0 Å². The minimum absolute atomic E-state index is 0.0271. The molecule has 29 heavy (non-hydrogen) atoms. The zero-order chi connectivity index (χ0) is 22.0. The molecule has 1 aliphatic heterocycles. The van der Waals surface area contributed by atoms with Crippen LogP contribution < -0.4 is 5.32 Å². The number of imide groups is 1. The molecule has 1 aliphatic rings. The summed E-state index contributed by atoms with van der Waals surface area (Å²) in [4.78, 5) is 70.9. The SMILES string of the molecule is CC(=O)[C@H](C)CC(=O)[C@H](C)NC(=O)CCCCC(=O)CCCN1C(=O)C=CC1=O. The van der Waals surface area contributed by atoms with Crippen LogP contribution in [0.5, 0.6) is 0 Å². The van der Waals surface area contributed by atoms with Crippen LogP contribution in [-0.2, 0) is 28.8 Å². The molecular weight excluding hydrogens is 376 g/mol. The summed E-state index contributed by atoms with van der Waals surface area (Å²) in [5.41, 5.74) is 0. The molecule has 3 amide bonds. The lowest BCUT2D eigenvalue weighted by Crippen LogP contribution is -2.39. The van der Waals surface area contributed by atoms with E-state index < -0.39 is 6.04 Å². The monoisotopic (exact) mass is 406 g/mol. The fourth-order valence-corrected chi connectivity index (χ4v) is 2.84. The summed E-state index contributed by atoms with van der Waals surface area (Å²) in [7, 11) is 0. The Morgan fingerprint density at radius 1 is 0.931 bits per heavy atom. The summed E-state index contributed by atoms with van der Waals surface area (Å²) >= 11 is 0. The minimum Gasteiger partial charge on any atom is -0.347 e. The minimum atomic E-state index is -0.642. The van der Waals surface area contributed by atoms with E-state index in [0.29, 0.717) is 25.7 Å². The fourth-order valence-electron chi connectivity index (χ4n) is 2.84. The number of carbonyl (C=O) groups is 6. The highest BCUT2D eigenvalue weighted by molar-refractivity contribution is 6.12. The molecule has 0 saturated carbocycles. The van der Waals surface area contributed by atoms with Crippen molar-refractivity contribution in [1.82, 2.24) is 10.2 Å². The predicted octanol–water partition coefficient (Wildman–Crippen LogP) is 1.51. The van der Waals surface area contributed by atoms with Crippen molar-refractivity contribution in [3.8, 4) is 0 Å². The van der Waals surface area contributed by atoms with Gasteiger partial charge in [0.1, 0.15) is 11.6 Å². The van der Waals surface area contributed by atoms with Crippen LogP contribution in [0.25, 0.3) is 0 Å². The Balaban J connectivity index is 2.13. The predicted molar refractivity (Wildman–Crippen MR) is 106 cm³/mol. The van der Waals surface area contributed by atoms with E-state index in [1.54, 1.807) is 13.8 Å². The topological polar surface area (TPSA) is 118 Å². The molecular formula is C21H30N2O6. The molecule has 1 rings (SSSR count). The van der Waals surface area contributed by atoms with Crippen LogP contribution in [-0.4, -0.2) is 52.6 Å². The highest BCUT2D eigenvalue weighted by atomic mass is 16.2.